The molecule has 4 rings (SSSR count). The van der Waals surface area contributed by atoms with Gasteiger partial charge in [-0.15, -0.1) is 0 Å². The first kappa shape index (κ1) is 15.3. The molecule has 1 heterocycles. The molecule has 3 aromatic carbocycles. The minimum atomic E-state index is -0.424. The summed E-state index contributed by atoms with van der Waals surface area (Å²) in [6.45, 7) is 0. The molecular formula is C21H14FNO2. The largest absolute Gasteiger partial charge is 0.306 e. The summed E-state index contributed by atoms with van der Waals surface area (Å²) in [6, 6.07) is 20.3. The predicted octanol–water partition coefficient (Wildman–Crippen LogP) is 5.06. The van der Waals surface area contributed by atoms with E-state index in [1.54, 1.807) is 71.6 Å². The lowest BCUT2D eigenvalue weighted by Gasteiger charge is -2.30. The quantitative estimate of drug-likeness (QED) is 0.585. The van der Waals surface area contributed by atoms with Gasteiger partial charge < -0.3 is 4.90 Å². The van der Waals surface area contributed by atoms with Gasteiger partial charge in [0.1, 0.15) is 5.82 Å². The summed E-state index contributed by atoms with van der Waals surface area (Å²) in [6.07, 6.45) is -0.195. The number of hydrogen-bond donors (Lipinski definition) is 0. The van der Waals surface area contributed by atoms with E-state index in [1.165, 1.54) is 6.07 Å². The molecule has 0 aliphatic carbocycles. The molecule has 0 radical (unpaired) electrons. The van der Waals surface area contributed by atoms with E-state index in [2.05, 4.69) is 0 Å². The van der Waals surface area contributed by atoms with E-state index in [0.717, 1.165) is 0 Å². The first-order valence-electron chi connectivity index (χ1n) is 7.96. The van der Waals surface area contributed by atoms with Crippen molar-refractivity contribution in [2.24, 2.45) is 0 Å². The van der Waals surface area contributed by atoms with Gasteiger partial charge in [0.25, 0.3) is 0 Å². The monoisotopic (exact) mass is 331 g/mol. The normalized spacial score (nSPS) is 13.7. The maximum atomic E-state index is 14.6. The van der Waals surface area contributed by atoms with Crippen molar-refractivity contribution in [3.8, 4) is 0 Å². The molecule has 3 aromatic rings. The second-order valence-electron chi connectivity index (χ2n) is 5.84. The van der Waals surface area contributed by atoms with Gasteiger partial charge in [0, 0.05) is 11.1 Å². The van der Waals surface area contributed by atoms with Crippen LogP contribution in [0.5, 0.6) is 0 Å². The molecule has 1 aliphatic heterocycles. The van der Waals surface area contributed by atoms with Crippen LogP contribution >= 0.6 is 0 Å². The Kier molecular flexibility index (Phi) is 3.65. The van der Waals surface area contributed by atoms with Crippen molar-refractivity contribution >= 4 is 28.6 Å². The van der Waals surface area contributed by atoms with Gasteiger partial charge in [-0.2, -0.15) is 0 Å². The van der Waals surface area contributed by atoms with Gasteiger partial charge in [0.05, 0.1) is 23.5 Å². The Bertz CT molecular complexity index is 939. The lowest BCUT2D eigenvalue weighted by atomic mass is 9.94. The molecule has 3 nitrogen and oxygen atoms in total. The van der Waals surface area contributed by atoms with E-state index in [9.17, 15) is 14.0 Å². The Labute approximate surface area is 144 Å². The summed E-state index contributed by atoms with van der Waals surface area (Å²) in [7, 11) is 0. The van der Waals surface area contributed by atoms with Crippen molar-refractivity contribution in [1.82, 2.24) is 0 Å². The van der Waals surface area contributed by atoms with Gasteiger partial charge in [-0.25, -0.2) is 4.39 Å². The number of anilines is 3. The SMILES string of the molecule is O=C1CC(=O)c2ccccc2N(c2ccccc2F)c2ccccc21. The molecule has 25 heavy (non-hydrogen) atoms. The van der Waals surface area contributed by atoms with Crippen LogP contribution in [0.25, 0.3) is 0 Å². The van der Waals surface area contributed by atoms with Gasteiger partial charge in [-0.1, -0.05) is 36.4 Å². The zero-order valence-corrected chi connectivity index (χ0v) is 13.3. The highest BCUT2D eigenvalue weighted by atomic mass is 19.1. The van der Waals surface area contributed by atoms with Crippen LogP contribution in [0.1, 0.15) is 27.1 Å². The molecule has 0 saturated heterocycles. The van der Waals surface area contributed by atoms with Gasteiger partial charge in [-0.3, -0.25) is 9.59 Å². The molecule has 1 aliphatic rings. The molecule has 122 valence electrons. The van der Waals surface area contributed by atoms with E-state index < -0.39 is 5.82 Å². The fraction of sp³-hybridized carbons (Fsp3) is 0.0476. The van der Waals surface area contributed by atoms with E-state index in [4.69, 9.17) is 0 Å². The third-order valence-electron chi connectivity index (χ3n) is 4.31. The van der Waals surface area contributed by atoms with Crippen molar-refractivity contribution in [2.75, 3.05) is 4.90 Å². The number of halogens is 1. The Morgan fingerprint density at radius 2 is 1.08 bits per heavy atom. The van der Waals surface area contributed by atoms with E-state index in [0.29, 0.717) is 28.2 Å². The smallest absolute Gasteiger partial charge is 0.172 e. The number of rotatable bonds is 1. The number of fused-ring (bicyclic) bond motifs is 2. The average Bonchev–Trinajstić information content (AvgIpc) is 2.63. The van der Waals surface area contributed by atoms with Crippen LogP contribution in [0.4, 0.5) is 21.5 Å². The highest BCUT2D eigenvalue weighted by molar-refractivity contribution is 6.19. The molecule has 0 N–H and O–H groups in total. The Hall–Kier alpha value is -3.27. The summed E-state index contributed by atoms with van der Waals surface area (Å²) < 4.78 is 14.6. The molecule has 0 amide bonds. The number of ketones is 2. The second kappa shape index (κ2) is 5.98. The number of para-hydroxylation sites is 3. The highest BCUT2D eigenvalue weighted by Gasteiger charge is 2.29. The molecular weight excluding hydrogens is 317 g/mol. The van der Waals surface area contributed by atoms with E-state index in [1.807, 2.05) is 0 Å². The van der Waals surface area contributed by atoms with Gasteiger partial charge in [-0.05, 0) is 36.4 Å². The molecule has 4 heteroatoms. The van der Waals surface area contributed by atoms with Crippen molar-refractivity contribution in [1.29, 1.82) is 0 Å². The standard InChI is InChI=1S/C21H14FNO2/c22-16-9-3-6-12-19(16)23-17-10-4-1-7-14(17)20(24)13-21(25)15-8-2-5-11-18(15)23/h1-12H,13H2. The van der Waals surface area contributed by atoms with Gasteiger partial charge >= 0.3 is 0 Å². The van der Waals surface area contributed by atoms with Crippen LogP contribution < -0.4 is 4.90 Å². The van der Waals surface area contributed by atoms with Crippen LogP contribution in [-0.4, -0.2) is 11.6 Å². The maximum Gasteiger partial charge on any atom is 0.172 e. The molecule has 0 atom stereocenters. The van der Waals surface area contributed by atoms with Crippen LogP contribution in [0, 0.1) is 5.82 Å². The minimum Gasteiger partial charge on any atom is -0.306 e. The van der Waals surface area contributed by atoms with Gasteiger partial charge in [0.15, 0.2) is 11.6 Å². The predicted molar refractivity (Wildman–Crippen MR) is 94.4 cm³/mol. The van der Waals surface area contributed by atoms with Crippen LogP contribution in [0.3, 0.4) is 0 Å². The summed E-state index contributed by atoms with van der Waals surface area (Å²) in [5.74, 6) is -0.958. The number of hydrogen-bond acceptors (Lipinski definition) is 3. The van der Waals surface area contributed by atoms with Crippen molar-refractivity contribution in [2.45, 2.75) is 6.42 Å². The number of nitrogens with zero attached hydrogens (tertiary/aromatic N) is 1. The molecule has 0 unspecified atom stereocenters. The fourth-order valence-corrected chi connectivity index (χ4v) is 3.17. The summed E-state index contributed by atoms with van der Waals surface area (Å²) in [5.41, 5.74) is 2.25. The molecule has 0 saturated carbocycles. The molecule has 0 fully saturated rings. The topological polar surface area (TPSA) is 37.4 Å². The summed E-state index contributed by atoms with van der Waals surface area (Å²) in [4.78, 5) is 26.8. The van der Waals surface area contributed by atoms with Crippen molar-refractivity contribution < 1.29 is 14.0 Å². The molecule has 0 bridgehead atoms. The number of Topliss-reactive ketones (excluding diaryl/α,β-unsaturated/α-hetero) is 2. The first-order chi connectivity index (χ1) is 12.2. The average molecular weight is 331 g/mol. The number of carbonyl (C=O) groups excluding carboxylic acids is 2. The molecule has 0 aromatic heterocycles. The summed E-state index contributed by atoms with van der Waals surface area (Å²) >= 11 is 0. The highest BCUT2D eigenvalue weighted by Crippen LogP contribution is 2.41. The number of carbonyl (C=O) groups is 2. The van der Waals surface area contributed by atoms with Crippen LogP contribution in [0.15, 0.2) is 72.8 Å². The maximum absolute atomic E-state index is 14.6. The minimum absolute atomic E-state index is 0.195. The Morgan fingerprint density at radius 3 is 1.60 bits per heavy atom. The Morgan fingerprint density at radius 1 is 0.640 bits per heavy atom. The van der Waals surface area contributed by atoms with Gasteiger partial charge in [0.2, 0.25) is 0 Å². The van der Waals surface area contributed by atoms with Crippen LogP contribution in [-0.2, 0) is 0 Å². The van der Waals surface area contributed by atoms with Crippen molar-refractivity contribution in [3.05, 3.63) is 89.7 Å². The lowest BCUT2D eigenvalue weighted by Crippen LogP contribution is -2.22. The lowest BCUT2D eigenvalue weighted by molar-refractivity contribution is 0.0894. The number of benzene rings is 3. The third-order valence-corrected chi connectivity index (χ3v) is 4.31. The summed E-state index contributed by atoms with van der Waals surface area (Å²) in [5, 5.41) is 0. The van der Waals surface area contributed by atoms with Crippen molar-refractivity contribution in [3.63, 3.8) is 0 Å². The third kappa shape index (κ3) is 2.52. The van der Waals surface area contributed by atoms with Crippen LogP contribution in [0.2, 0.25) is 0 Å². The second-order valence-corrected chi connectivity index (χ2v) is 5.84. The molecule has 0 spiro atoms. The Balaban J connectivity index is 2.08. The zero-order valence-electron chi connectivity index (χ0n) is 13.3. The fourth-order valence-electron chi connectivity index (χ4n) is 3.17. The van der Waals surface area contributed by atoms with E-state index in [-0.39, 0.29) is 18.0 Å². The first-order valence-corrected chi connectivity index (χ1v) is 7.96. The van der Waals surface area contributed by atoms with E-state index >= 15 is 0 Å². The zero-order chi connectivity index (χ0) is 17.4.